The molecule has 2 aromatic rings. The number of alkyl halides is 2. The highest BCUT2D eigenvalue weighted by atomic mass is 19.3. The van der Waals surface area contributed by atoms with E-state index in [-0.39, 0.29) is 0 Å². The molecule has 22 heavy (non-hydrogen) atoms. The number of aromatic nitrogens is 1. The van der Waals surface area contributed by atoms with Crippen molar-refractivity contribution < 1.29 is 22.7 Å². The van der Waals surface area contributed by atoms with E-state index in [9.17, 15) is 22.7 Å². The average molecular weight is 313 g/mol. The molecule has 1 unspecified atom stereocenters. The molecule has 118 valence electrons. The summed E-state index contributed by atoms with van der Waals surface area (Å²) in [6.45, 7) is 2.98. The van der Waals surface area contributed by atoms with E-state index >= 15 is 0 Å². The summed E-state index contributed by atoms with van der Waals surface area (Å²) in [5, 5.41) is 10.5. The summed E-state index contributed by atoms with van der Waals surface area (Å²) in [4.78, 5) is 3.63. The molecule has 1 aromatic carbocycles. The summed E-state index contributed by atoms with van der Waals surface area (Å²) in [5.41, 5.74) is -3.49. The fraction of sp³-hybridized carbons (Fsp3) is 0.312. The molecular formula is C16H15F4NO. The lowest BCUT2D eigenvalue weighted by molar-refractivity contribution is -0.200. The maximum Gasteiger partial charge on any atom is 0.321 e. The number of nitrogens with zero attached hydrogens (tertiary/aromatic N) is 1. The Bertz CT molecular complexity index is 672. The van der Waals surface area contributed by atoms with Gasteiger partial charge in [-0.25, -0.2) is 8.78 Å². The Kier molecular flexibility index (Phi) is 4.24. The first-order valence-electron chi connectivity index (χ1n) is 6.71. The van der Waals surface area contributed by atoms with E-state index < -0.39 is 40.8 Å². The van der Waals surface area contributed by atoms with Gasteiger partial charge in [0.15, 0.2) is 5.60 Å². The van der Waals surface area contributed by atoms with E-state index in [1.807, 2.05) is 0 Å². The quantitative estimate of drug-likeness (QED) is 0.864. The molecule has 6 heteroatoms. The molecule has 0 fully saturated rings. The van der Waals surface area contributed by atoms with Crippen molar-refractivity contribution in [3.05, 3.63) is 65.0 Å². The van der Waals surface area contributed by atoms with Gasteiger partial charge in [-0.05, 0) is 31.0 Å². The van der Waals surface area contributed by atoms with Gasteiger partial charge in [0.2, 0.25) is 0 Å². The maximum atomic E-state index is 14.7. The van der Waals surface area contributed by atoms with E-state index in [1.165, 1.54) is 19.2 Å². The van der Waals surface area contributed by atoms with Gasteiger partial charge in [-0.1, -0.05) is 19.1 Å². The molecule has 0 aliphatic heterocycles. The number of pyridine rings is 1. The first-order valence-corrected chi connectivity index (χ1v) is 6.71. The largest absolute Gasteiger partial charge is 0.378 e. The van der Waals surface area contributed by atoms with E-state index in [0.29, 0.717) is 11.6 Å². The Morgan fingerprint density at radius 3 is 2.32 bits per heavy atom. The van der Waals surface area contributed by atoms with Crippen LogP contribution in [0.15, 0.2) is 36.5 Å². The van der Waals surface area contributed by atoms with Crippen molar-refractivity contribution in [2.75, 3.05) is 0 Å². The number of benzene rings is 1. The van der Waals surface area contributed by atoms with Crippen LogP contribution in [-0.4, -0.2) is 10.1 Å². The molecule has 1 atom stereocenters. The highest BCUT2D eigenvalue weighted by Gasteiger charge is 2.56. The summed E-state index contributed by atoms with van der Waals surface area (Å²) in [5.74, 6) is -5.97. The average Bonchev–Trinajstić information content (AvgIpc) is 2.46. The predicted molar refractivity (Wildman–Crippen MR) is 73.4 cm³/mol. The molecule has 1 heterocycles. The van der Waals surface area contributed by atoms with Gasteiger partial charge >= 0.3 is 5.92 Å². The minimum absolute atomic E-state index is 0.467. The third-order valence-corrected chi connectivity index (χ3v) is 3.64. The van der Waals surface area contributed by atoms with Crippen molar-refractivity contribution in [3.8, 4) is 0 Å². The maximum absolute atomic E-state index is 14.7. The van der Waals surface area contributed by atoms with Crippen molar-refractivity contribution in [1.82, 2.24) is 4.98 Å². The van der Waals surface area contributed by atoms with Crippen molar-refractivity contribution in [2.45, 2.75) is 31.8 Å². The van der Waals surface area contributed by atoms with E-state index in [0.717, 1.165) is 18.2 Å². The third kappa shape index (κ3) is 2.59. The van der Waals surface area contributed by atoms with E-state index in [4.69, 9.17) is 0 Å². The number of hydrogen-bond acceptors (Lipinski definition) is 2. The zero-order valence-corrected chi connectivity index (χ0v) is 12.1. The van der Waals surface area contributed by atoms with Gasteiger partial charge in [0.25, 0.3) is 0 Å². The molecule has 0 radical (unpaired) electrons. The second-order valence-electron chi connectivity index (χ2n) is 5.13. The van der Waals surface area contributed by atoms with E-state index in [2.05, 4.69) is 4.98 Å². The third-order valence-electron chi connectivity index (χ3n) is 3.64. The van der Waals surface area contributed by atoms with Crippen LogP contribution in [0.5, 0.6) is 0 Å². The fourth-order valence-electron chi connectivity index (χ4n) is 2.27. The lowest BCUT2D eigenvalue weighted by Crippen LogP contribution is -2.44. The number of rotatable bonds is 4. The Morgan fingerprint density at radius 1 is 1.14 bits per heavy atom. The highest BCUT2D eigenvalue weighted by molar-refractivity contribution is 5.31. The van der Waals surface area contributed by atoms with Crippen molar-refractivity contribution in [3.63, 3.8) is 0 Å². The predicted octanol–water partition coefficient (Wildman–Crippen LogP) is 4.06. The normalized spacial score (nSPS) is 14.7. The molecule has 0 aliphatic carbocycles. The molecule has 0 saturated heterocycles. The van der Waals surface area contributed by atoms with Crippen LogP contribution >= 0.6 is 0 Å². The molecular weight excluding hydrogens is 298 g/mol. The molecule has 0 aliphatic rings. The molecule has 0 spiro atoms. The first-order chi connectivity index (χ1) is 10.2. The molecule has 2 nitrogen and oxygen atoms in total. The van der Waals surface area contributed by atoms with Crippen LogP contribution in [0, 0.1) is 18.6 Å². The van der Waals surface area contributed by atoms with Gasteiger partial charge in [-0.3, -0.25) is 4.98 Å². The fourth-order valence-corrected chi connectivity index (χ4v) is 2.27. The molecule has 1 aromatic heterocycles. The number of aryl methyl sites for hydroxylation is 1. The highest BCUT2D eigenvalue weighted by Crippen LogP contribution is 2.47. The van der Waals surface area contributed by atoms with Gasteiger partial charge in [0.05, 0.1) is 0 Å². The van der Waals surface area contributed by atoms with Gasteiger partial charge < -0.3 is 5.11 Å². The zero-order chi connectivity index (χ0) is 16.5. The summed E-state index contributed by atoms with van der Waals surface area (Å²) in [7, 11) is 0. The Morgan fingerprint density at radius 2 is 1.82 bits per heavy atom. The van der Waals surface area contributed by atoms with Crippen LogP contribution in [0.25, 0.3) is 0 Å². The molecule has 0 bridgehead atoms. The molecule has 2 rings (SSSR count). The SMILES string of the molecule is CCC(O)(c1ccc(F)cc1F)C(F)(F)c1ccc(C)cn1. The van der Waals surface area contributed by atoms with Crippen LogP contribution < -0.4 is 0 Å². The first kappa shape index (κ1) is 16.4. The summed E-state index contributed by atoms with van der Waals surface area (Å²) in [6, 6.07) is 4.63. The van der Waals surface area contributed by atoms with Crippen molar-refractivity contribution in [1.29, 1.82) is 0 Å². The van der Waals surface area contributed by atoms with Gasteiger partial charge in [-0.2, -0.15) is 8.78 Å². The van der Waals surface area contributed by atoms with Crippen LogP contribution in [0.1, 0.15) is 30.2 Å². The monoisotopic (exact) mass is 313 g/mol. The lowest BCUT2D eigenvalue weighted by Gasteiger charge is -2.35. The number of aliphatic hydroxyl groups is 1. The minimum Gasteiger partial charge on any atom is -0.378 e. The van der Waals surface area contributed by atoms with Crippen LogP contribution in [0.4, 0.5) is 17.6 Å². The van der Waals surface area contributed by atoms with Crippen molar-refractivity contribution >= 4 is 0 Å². The minimum atomic E-state index is -3.84. The Balaban J connectivity index is 2.59. The van der Waals surface area contributed by atoms with Gasteiger partial charge in [-0.15, -0.1) is 0 Å². The van der Waals surface area contributed by atoms with Crippen LogP contribution in [-0.2, 0) is 11.5 Å². The number of hydrogen-bond donors (Lipinski definition) is 1. The lowest BCUT2D eigenvalue weighted by atomic mass is 9.82. The Hall–Kier alpha value is -1.95. The van der Waals surface area contributed by atoms with Crippen LogP contribution in [0.3, 0.4) is 0 Å². The molecule has 1 N–H and O–H groups in total. The second-order valence-corrected chi connectivity index (χ2v) is 5.13. The summed E-state index contributed by atoms with van der Waals surface area (Å²) >= 11 is 0. The van der Waals surface area contributed by atoms with Gasteiger partial charge in [0, 0.05) is 17.8 Å². The smallest absolute Gasteiger partial charge is 0.321 e. The molecule has 0 amide bonds. The summed E-state index contributed by atoms with van der Waals surface area (Å²) in [6.07, 6.45) is 0.762. The Labute approximate surface area is 125 Å². The second kappa shape index (κ2) is 5.68. The topological polar surface area (TPSA) is 33.1 Å². The van der Waals surface area contributed by atoms with Gasteiger partial charge in [0.1, 0.15) is 17.3 Å². The number of halogens is 4. The van der Waals surface area contributed by atoms with E-state index in [1.54, 1.807) is 6.92 Å². The summed E-state index contributed by atoms with van der Waals surface area (Å²) < 4.78 is 56.3. The standard InChI is InChI=1S/C16H15F4NO/c1-3-15(22,12-6-5-11(17)8-13(12)18)16(19,20)14-7-4-10(2)9-21-14/h4-9,22H,3H2,1-2H3. The van der Waals surface area contributed by atoms with Crippen molar-refractivity contribution in [2.24, 2.45) is 0 Å². The van der Waals surface area contributed by atoms with Crippen LogP contribution in [0.2, 0.25) is 0 Å². The zero-order valence-electron chi connectivity index (χ0n) is 12.1. The molecule has 0 saturated carbocycles.